The number of carbonyl (C=O) groups is 3. The standard InChI is InChI=1S/C26H30BrO11P/c1-17(28)35-23-22(38-26(27)25(37-19(3)30)24(23)36-18(2)29)16-34-39(31,32-14-20-10-6-4-7-11-20)33-15-21-12-8-5-9-13-21/h4-13,22-26H,14-16H2,1-3H3/t22?,23-,24?,25-,26+/m1/s1. The molecule has 212 valence electrons. The highest BCUT2D eigenvalue weighted by Gasteiger charge is 2.51. The van der Waals surface area contributed by atoms with E-state index in [9.17, 15) is 18.9 Å². The minimum absolute atomic E-state index is 0.0720. The summed E-state index contributed by atoms with van der Waals surface area (Å²) in [6, 6.07) is 18.0. The van der Waals surface area contributed by atoms with E-state index >= 15 is 0 Å². The van der Waals surface area contributed by atoms with Gasteiger partial charge in [-0.15, -0.1) is 0 Å². The minimum Gasteiger partial charge on any atom is -0.456 e. The Kier molecular flexibility index (Phi) is 11.7. The van der Waals surface area contributed by atoms with Crippen molar-refractivity contribution in [2.24, 2.45) is 0 Å². The lowest BCUT2D eigenvalue weighted by atomic mass is 9.99. The summed E-state index contributed by atoms with van der Waals surface area (Å²) in [4.78, 5) is 35.5. The zero-order valence-corrected chi connectivity index (χ0v) is 24.1. The second-order valence-electron chi connectivity index (χ2n) is 8.51. The molecule has 0 spiro atoms. The smallest absolute Gasteiger partial charge is 0.456 e. The Morgan fingerprint density at radius 2 is 1.15 bits per heavy atom. The van der Waals surface area contributed by atoms with Gasteiger partial charge in [0.1, 0.15) is 6.10 Å². The van der Waals surface area contributed by atoms with Crippen LogP contribution in [0.3, 0.4) is 0 Å². The zero-order valence-electron chi connectivity index (χ0n) is 21.6. The number of carbonyl (C=O) groups excluding carboxylic acids is 3. The number of ether oxygens (including phenoxy) is 4. The first-order valence-corrected chi connectivity index (χ1v) is 14.4. The average Bonchev–Trinajstić information content (AvgIpc) is 2.90. The molecule has 1 aliphatic rings. The van der Waals surface area contributed by atoms with Crippen molar-refractivity contribution >= 4 is 41.7 Å². The molecule has 0 aliphatic carbocycles. The third-order valence-corrected chi connectivity index (χ3v) is 7.44. The number of benzene rings is 2. The fourth-order valence-corrected chi connectivity index (χ4v) is 5.56. The SMILES string of the molecule is CC(=O)OC1[C@H](OC(C)=O)C(COP(=O)(OCc2ccccc2)OCc2ccccc2)O[C@H](Br)[C@@H]1OC(C)=O. The van der Waals surface area contributed by atoms with Crippen molar-refractivity contribution in [2.75, 3.05) is 6.61 Å². The van der Waals surface area contributed by atoms with Crippen LogP contribution in [0, 0.1) is 0 Å². The van der Waals surface area contributed by atoms with E-state index in [2.05, 4.69) is 15.9 Å². The highest BCUT2D eigenvalue weighted by molar-refractivity contribution is 9.09. The van der Waals surface area contributed by atoms with Crippen LogP contribution >= 0.6 is 23.8 Å². The van der Waals surface area contributed by atoms with Crippen LogP contribution in [-0.2, 0) is 64.7 Å². The van der Waals surface area contributed by atoms with Gasteiger partial charge in [-0.3, -0.25) is 28.0 Å². The normalized spacial score (nSPS) is 23.0. The van der Waals surface area contributed by atoms with E-state index in [0.29, 0.717) is 0 Å². The average molecular weight is 629 g/mol. The highest BCUT2D eigenvalue weighted by atomic mass is 79.9. The van der Waals surface area contributed by atoms with Crippen LogP contribution in [0.5, 0.6) is 0 Å². The Morgan fingerprint density at radius 3 is 1.62 bits per heavy atom. The van der Waals surface area contributed by atoms with Crippen molar-refractivity contribution in [3.05, 3.63) is 71.8 Å². The number of hydrogen-bond donors (Lipinski definition) is 0. The highest BCUT2D eigenvalue weighted by Crippen LogP contribution is 2.51. The van der Waals surface area contributed by atoms with Crippen molar-refractivity contribution in [3.63, 3.8) is 0 Å². The molecule has 5 atom stereocenters. The van der Waals surface area contributed by atoms with E-state index in [0.717, 1.165) is 25.0 Å². The Balaban J connectivity index is 1.81. The molecule has 1 fully saturated rings. The van der Waals surface area contributed by atoms with Gasteiger partial charge >= 0.3 is 25.7 Å². The third-order valence-electron chi connectivity index (χ3n) is 5.34. The molecule has 0 saturated carbocycles. The fraction of sp³-hybridized carbons (Fsp3) is 0.423. The van der Waals surface area contributed by atoms with Crippen molar-refractivity contribution < 1.29 is 51.5 Å². The van der Waals surface area contributed by atoms with Gasteiger partial charge in [0.05, 0.1) is 19.8 Å². The third kappa shape index (κ3) is 9.82. The molecule has 2 aromatic rings. The van der Waals surface area contributed by atoms with Crippen LogP contribution in [0.4, 0.5) is 0 Å². The van der Waals surface area contributed by atoms with Gasteiger partial charge < -0.3 is 18.9 Å². The number of rotatable bonds is 12. The Bertz CT molecular complexity index is 1100. The molecule has 1 heterocycles. The van der Waals surface area contributed by atoms with Crippen LogP contribution in [-0.4, -0.2) is 53.9 Å². The first kappa shape index (κ1) is 30.9. The summed E-state index contributed by atoms with van der Waals surface area (Å²) in [5.41, 5.74) is 1.46. The van der Waals surface area contributed by atoms with Crippen molar-refractivity contribution in [2.45, 2.75) is 63.4 Å². The molecule has 3 rings (SSSR count). The number of halogens is 1. The van der Waals surface area contributed by atoms with Crippen LogP contribution < -0.4 is 0 Å². The second-order valence-corrected chi connectivity index (χ2v) is 11.1. The quantitative estimate of drug-likeness (QED) is 0.143. The maximum absolute atomic E-state index is 13.7. The molecule has 11 nitrogen and oxygen atoms in total. The second kappa shape index (κ2) is 14.7. The Morgan fingerprint density at radius 1 is 0.718 bits per heavy atom. The molecule has 0 aromatic heterocycles. The van der Waals surface area contributed by atoms with Crippen LogP contribution in [0.25, 0.3) is 0 Å². The molecule has 39 heavy (non-hydrogen) atoms. The summed E-state index contributed by atoms with van der Waals surface area (Å²) >= 11 is 3.27. The van der Waals surface area contributed by atoms with E-state index in [1.165, 1.54) is 6.92 Å². The van der Waals surface area contributed by atoms with Gasteiger partial charge in [0.2, 0.25) is 0 Å². The van der Waals surface area contributed by atoms with E-state index in [1.54, 1.807) is 48.5 Å². The molecule has 2 aromatic carbocycles. The van der Waals surface area contributed by atoms with Gasteiger partial charge in [-0.1, -0.05) is 76.6 Å². The zero-order chi connectivity index (χ0) is 28.4. The fourth-order valence-electron chi connectivity index (χ4n) is 3.71. The lowest BCUT2D eigenvalue weighted by molar-refractivity contribution is -0.234. The summed E-state index contributed by atoms with van der Waals surface area (Å²) in [7, 11) is -4.21. The monoisotopic (exact) mass is 628 g/mol. The Hall–Kier alpha value is -2.60. The van der Waals surface area contributed by atoms with Gasteiger partial charge in [0.15, 0.2) is 23.3 Å². The van der Waals surface area contributed by atoms with Crippen LogP contribution in [0.1, 0.15) is 31.9 Å². The molecular formula is C26H30BrO11P. The van der Waals surface area contributed by atoms with Gasteiger partial charge in [0, 0.05) is 20.8 Å². The van der Waals surface area contributed by atoms with E-state index in [1.807, 2.05) is 12.1 Å². The van der Waals surface area contributed by atoms with E-state index < -0.39 is 61.8 Å². The summed E-state index contributed by atoms with van der Waals surface area (Å²) in [6.45, 7) is 2.88. The Labute approximate surface area is 234 Å². The molecule has 0 amide bonds. The lowest BCUT2D eigenvalue weighted by Gasteiger charge is -2.42. The predicted octanol–water partition coefficient (Wildman–Crippen LogP) is 4.46. The van der Waals surface area contributed by atoms with Crippen molar-refractivity contribution in [1.29, 1.82) is 0 Å². The first-order chi connectivity index (χ1) is 18.6. The van der Waals surface area contributed by atoms with Crippen LogP contribution in [0.2, 0.25) is 0 Å². The molecule has 13 heteroatoms. The number of phosphoric acid groups is 1. The maximum atomic E-state index is 13.7. The summed E-state index contributed by atoms with van der Waals surface area (Å²) in [6.07, 6.45) is -4.80. The summed E-state index contributed by atoms with van der Waals surface area (Å²) in [5, 5.41) is -0.985. The first-order valence-electron chi connectivity index (χ1n) is 12.0. The van der Waals surface area contributed by atoms with Gasteiger partial charge in [-0.05, 0) is 11.1 Å². The number of esters is 3. The van der Waals surface area contributed by atoms with Crippen molar-refractivity contribution in [3.8, 4) is 0 Å². The summed E-state index contributed by atoms with van der Waals surface area (Å²) < 4.78 is 52.5. The van der Waals surface area contributed by atoms with Crippen LogP contribution in [0.15, 0.2) is 60.7 Å². The molecule has 0 radical (unpaired) electrons. The number of alkyl halides is 1. The van der Waals surface area contributed by atoms with Gasteiger partial charge in [-0.2, -0.15) is 0 Å². The molecular weight excluding hydrogens is 599 g/mol. The van der Waals surface area contributed by atoms with E-state index in [4.69, 9.17) is 32.5 Å². The molecule has 0 bridgehead atoms. The molecule has 2 unspecified atom stereocenters. The molecule has 1 saturated heterocycles. The number of phosphoric ester groups is 1. The predicted molar refractivity (Wildman–Crippen MR) is 140 cm³/mol. The van der Waals surface area contributed by atoms with Gasteiger partial charge in [-0.25, -0.2) is 4.57 Å². The largest absolute Gasteiger partial charge is 0.475 e. The number of hydrogen-bond acceptors (Lipinski definition) is 11. The molecule has 0 N–H and O–H groups in total. The van der Waals surface area contributed by atoms with Gasteiger partial charge in [0.25, 0.3) is 0 Å². The lowest BCUT2D eigenvalue weighted by Crippen LogP contribution is -2.60. The van der Waals surface area contributed by atoms with Crippen molar-refractivity contribution in [1.82, 2.24) is 0 Å². The topological polar surface area (TPSA) is 133 Å². The van der Waals surface area contributed by atoms with E-state index in [-0.39, 0.29) is 13.2 Å². The molecule has 1 aliphatic heterocycles. The maximum Gasteiger partial charge on any atom is 0.475 e. The minimum atomic E-state index is -4.21. The summed E-state index contributed by atoms with van der Waals surface area (Å²) in [5.74, 6) is -2.10.